The molecule has 0 saturated carbocycles. The minimum Gasteiger partial charge on any atom is -0.425 e. The van der Waals surface area contributed by atoms with Crippen LogP contribution in [-0.2, 0) is 15.1 Å². The summed E-state index contributed by atoms with van der Waals surface area (Å²) in [5.74, 6) is -1.35. The summed E-state index contributed by atoms with van der Waals surface area (Å²) in [6.45, 7) is 6.58. The molecule has 0 radical (unpaired) electrons. The molecule has 3 rings (SSSR count). The lowest BCUT2D eigenvalue weighted by molar-refractivity contribution is -0.141. The number of rotatable bonds is 4. The fraction of sp³-hybridized carbons (Fsp3) is 0.286. The molecule has 6 nitrogen and oxygen atoms in total. The van der Waals surface area contributed by atoms with E-state index in [1.807, 2.05) is 32.9 Å². The quantitative estimate of drug-likeness (QED) is 0.499. The zero-order valence-electron chi connectivity index (χ0n) is 16.1. The summed E-state index contributed by atoms with van der Waals surface area (Å²) in [4.78, 5) is 38.4. The SMILES string of the molecule is Cc1cc(C)c(OC(=O)CN2C(=O)NC(C)(c3ccc(F)cc3)C2=O)c(C)c1. The van der Waals surface area contributed by atoms with Crippen LogP contribution in [0.15, 0.2) is 36.4 Å². The third kappa shape index (κ3) is 3.47. The van der Waals surface area contributed by atoms with Gasteiger partial charge in [0.05, 0.1) is 0 Å². The van der Waals surface area contributed by atoms with Crippen molar-refractivity contribution in [2.24, 2.45) is 0 Å². The number of nitrogens with one attached hydrogen (secondary N) is 1. The summed E-state index contributed by atoms with van der Waals surface area (Å²) in [5.41, 5.74) is 1.67. The van der Waals surface area contributed by atoms with Gasteiger partial charge in [-0.15, -0.1) is 0 Å². The summed E-state index contributed by atoms with van der Waals surface area (Å²) in [6, 6.07) is 8.33. The number of amides is 3. The van der Waals surface area contributed by atoms with Gasteiger partial charge in [0.15, 0.2) is 0 Å². The molecule has 1 fully saturated rings. The van der Waals surface area contributed by atoms with Gasteiger partial charge in [0.25, 0.3) is 5.91 Å². The molecular weight excluding hydrogens is 363 g/mol. The molecule has 0 aromatic heterocycles. The lowest BCUT2D eigenvalue weighted by Crippen LogP contribution is -2.42. The van der Waals surface area contributed by atoms with E-state index in [0.717, 1.165) is 21.6 Å². The zero-order valence-corrected chi connectivity index (χ0v) is 16.1. The van der Waals surface area contributed by atoms with Crippen molar-refractivity contribution in [2.75, 3.05) is 6.54 Å². The molecule has 28 heavy (non-hydrogen) atoms. The Morgan fingerprint density at radius 1 is 1.11 bits per heavy atom. The molecule has 2 aromatic rings. The third-order valence-corrected chi connectivity index (χ3v) is 4.80. The Kier molecular flexibility index (Phi) is 4.93. The first kappa shape index (κ1) is 19.5. The Morgan fingerprint density at radius 3 is 2.25 bits per heavy atom. The highest BCUT2D eigenvalue weighted by molar-refractivity contribution is 6.08. The van der Waals surface area contributed by atoms with Crippen molar-refractivity contribution >= 4 is 17.9 Å². The highest BCUT2D eigenvalue weighted by atomic mass is 19.1. The molecule has 146 valence electrons. The molecule has 0 aliphatic carbocycles. The van der Waals surface area contributed by atoms with Crippen molar-refractivity contribution in [2.45, 2.75) is 33.2 Å². The van der Waals surface area contributed by atoms with Crippen LogP contribution in [-0.4, -0.2) is 29.4 Å². The van der Waals surface area contributed by atoms with Crippen molar-refractivity contribution < 1.29 is 23.5 Å². The average molecular weight is 384 g/mol. The molecule has 2 aromatic carbocycles. The van der Waals surface area contributed by atoms with E-state index in [1.165, 1.54) is 31.2 Å². The number of hydrogen-bond acceptors (Lipinski definition) is 4. The summed E-state index contributed by atoms with van der Waals surface area (Å²) in [7, 11) is 0. The molecule has 1 heterocycles. The molecule has 0 bridgehead atoms. The molecule has 1 N–H and O–H groups in total. The number of ether oxygens (including phenoxy) is 1. The molecule has 0 spiro atoms. The largest absolute Gasteiger partial charge is 0.425 e. The second-order valence-corrected chi connectivity index (χ2v) is 7.16. The molecule has 1 unspecified atom stereocenters. The highest BCUT2D eigenvalue weighted by Gasteiger charge is 2.49. The Balaban J connectivity index is 1.78. The fourth-order valence-electron chi connectivity index (χ4n) is 3.42. The maximum absolute atomic E-state index is 13.2. The van der Waals surface area contributed by atoms with Crippen LogP contribution in [0.5, 0.6) is 5.75 Å². The number of hydrogen-bond donors (Lipinski definition) is 1. The van der Waals surface area contributed by atoms with Crippen molar-refractivity contribution in [1.29, 1.82) is 0 Å². The Morgan fingerprint density at radius 2 is 1.68 bits per heavy atom. The van der Waals surface area contributed by atoms with Crippen molar-refractivity contribution in [1.82, 2.24) is 10.2 Å². The van der Waals surface area contributed by atoms with Gasteiger partial charge in [-0.2, -0.15) is 0 Å². The standard InChI is InChI=1S/C21H21FN2O4/c1-12-9-13(2)18(14(3)10-12)28-17(25)11-24-19(26)21(4,23-20(24)27)15-5-7-16(22)8-6-15/h5-10H,11H2,1-4H3,(H,23,27). The van der Waals surface area contributed by atoms with Gasteiger partial charge in [0.1, 0.15) is 23.7 Å². The summed E-state index contributed by atoms with van der Waals surface area (Å²) in [5, 5.41) is 2.57. The molecular formula is C21H21FN2O4. The predicted octanol–water partition coefficient (Wildman–Crippen LogP) is 3.12. The second kappa shape index (κ2) is 7.07. The van der Waals surface area contributed by atoms with Crippen LogP contribution >= 0.6 is 0 Å². The topological polar surface area (TPSA) is 75.7 Å². The number of carbonyl (C=O) groups excluding carboxylic acids is 3. The molecule has 1 atom stereocenters. The molecule has 3 amide bonds. The minimum atomic E-state index is -1.37. The predicted molar refractivity (Wildman–Crippen MR) is 100 cm³/mol. The monoisotopic (exact) mass is 384 g/mol. The van der Waals surface area contributed by atoms with Crippen LogP contribution in [0.4, 0.5) is 9.18 Å². The van der Waals surface area contributed by atoms with E-state index in [2.05, 4.69) is 5.32 Å². The first-order valence-electron chi connectivity index (χ1n) is 8.80. The van der Waals surface area contributed by atoms with Crippen LogP contribution in [0.1, 0.15) is 29.2 Å². The van der Waals surface area contributed by atoms with E-state index in [0.29, 0.717) is 11.3 Å². The number of benzene rings is 2. The highest BCUT2D eigenvalue weighted by Crippen LogP contribution is 2.29. The second-order valence-electron chi connectivity index (χ2n) is 7.16. The summed E-state index contributed by atoms with van der Waals surface area (Å²) >= 11 is 0. The molecule has 1 aliphatic rings. The van der Waals surface area contributed by atoms with Gasteiger partial charge in [-0.25, -0.2) is 14.0 Å². The maximum atomic E-state index is 13.2. The number of esters is 1. The van der Waals surface area contributed by atoms with E-state index < -0.39 is 35.8 Å². The van der Waals surface area contributed by atoms with E-state index in [4.69, 9.17) is 4.74 Å². The third-order valence-electron chi connectivity index (χ3n) is 4.80. The maximum Gasteiger partial charge on any atom is 0.331 e. The van der Waals surface area contributed by atoms with Crippen LogP contribution < -0.4 is 10.1 Å². The van der Waals surface area contributed by atoms with Crippen LogP contribution in [0.3, 0.4) is 0 Å². The van der Waals surface area contributed by atoms with Crippen LogP contribution in [0.2, 0.25) is 0 Å². The van der Waals surface area contributed by atoms with Gasteiger partial charge < -0.3 is 10.1 Å². The smallest absolute Gasteiger partial charge is 0.331 e. The Hall–Kier alpha value is -3.22. The van der Waals surface area contributed by atoms with E-state index in [1.54, 1.807) is 0 Å². The lowest BCUT2D eigenvalue weighted by Gasteiger charge is -2.22. The first-order valence-corrected chi connectivity index (χ1v) is 8.80. The number of aryl methyl sites for hydroxylation is 3. The van der Waals surface area contributed by atoms with E-state index >= 15 is 0 Å². The van der Waals surface area contributed by atoms with Gasteiger partial charge in [-0.1, -0.05) is 29.8 Å². The van der Waals surface area contributed by atoms with Gasteiger partial charge in [-0.05, 0) is 56.5 Å². The van der Waals surface area contributed by atoms with Crippen LogP contribution in [0, 0.1) is 26.6 Å². The number of carbonyl (C=O) groups is 3. The van der Waals surface area contributed by atoms with Crippen molar-refractivity contribution in [3.63, 3.8) is 0 Å². The Bertz CT molecular complexity index is 948. The van der Waals surface area contributed by atoms with Gasteiger partial charge in [0.2, 0.25) is 0 Å². The first-order chi connectivity index (χ1) is 13.1. The zero-order chi connectivity index (χ0) is 20.6. The molecule has 1 saturated heterocycles. The van der Waals surface area contributed by atoms with E-state index in [9.17, 15) is 18.8 Å². The lowest BCUT2D eigenvalue weighted by atomic mass is 9.92. The fourth-order valence-corrected chi connectivity index (χ4v) is 3.42. The number of halogens is 1. The normalized spacial score (nSPS) is 19.0. The minimum absolute atomic E-state index is 0.420. The van der Waals surface area contributed by atoms with Crippen molar-refractivity contribution in [3.8, 4) is 5.75 Å². The number of urea groups is 1. The Labute approximate surface area is 162 Å². The number of nitrogens with zero attached hydrogens (tertiary/aromatic N) is 1. The van der Waals surface area contributed by atoms with Gasteiger partial charge in [0, 0.05) is 0 Å². The van der Waals surface area contributed by atoms with Crippen LogP contribution in [0.25, 0.3) is 0 Å². The van der Waals surface area contributed by atoms with Gasteiger partial charge in [-0.3, -0.25) is 9.69 Å². The van der Waals surface area contributed by atoms with Crippen molar-refractivity contribution in [3.05, 3.63) is 64.5 Å². The summed E-state index contributed by atoms with van der Waals surface area (Å²) < 4.78 is 18.6. The molecule has 1 aliphatic heterocycles. The number of imide groups is 1. The van der Waals surface area contributed by atoms with Gasteiger partial charge >= 0.3 is 12.0 Å². The average Bonchev–Trinajstić information content (AvgIpc) is 2.83. The van der Waals surface area contributed by atoms with E-state index in [-0.39, 0.29) is 0 Å². The summed E-state index contributed by atoms with van der Waals surface area (Å²) in [6.07, 6.45) is 0. The molecule has 7 heteroatoms.